The van der Waals surface area contributed by atoms with Gasteiger partial charge < -0.3 is 14.3 Å². The minimum Gasteiger partial charge on any atom is -0.465 e. The van der Waals surface area contributed by atoms with Gasteiger partial charge in [-0.1, -0.05) is 5.16 Å². The number of piperazine rings is 1. The van der Waals surface area contributed by atoms with E-state index in [9.17, 15) is 4.79 Å². The van der Waals surface area contributed by atoms with E-state index in [0.29, 0.717) is 36.9 Å². The van der Waals surface area contributed by atoms with Crippen LogP contribution in [0.15, 0.2) is 39.4 Å². The van der Waals surface area contributed by atoms with Crippen molar-refractivity contribution in [3.8, 4) is 11.5 Å². The second-order valence-electron chi connectivity index (χ2n) is 6.11. The molecule has 0 radical (unpaired) electrons. The fraction of sp³-hybridized carbons (Fsp3) is 0.353. The SMILES string of the molecule is Cc1ccc(CN2CCNC(=O)C2Cc2nc(-c3cccnn3)no2)o1. The first-order valence-electron chi connectivity index (χ1n) is 8.37. The zero-order chi connectivity index (χ0) is 17.9. The highest BCUT2D eigenvalue weighted by Gasteiger charge is 2.32. The van der Waals surface area contributed by atoms with Gasteiger partial charge in [-0.25, -0.2) is 0 Å². The van der Waals surface area contributed by atoms with Gasteiger partial charge in [0.1, 0.15) is 17.2 Å². The number of rotatable bonds is 5. The Bertz CT molecular complexity index is 891. The molecule has 0 aliphatic carbocycles. The Labute approximate surface area is 149 Å². The molecular weight excluding hydrogens is 336 g/mol. The van der Waals surface area contributed by atoms with Gasteiger partial charge in [-0.3, -0.25) is 9.69 Å². The predicted octanol–water partition coefficient (Wildman–Crippen LogP) is 0.971. The van der Waals surface area contributed by atoms with Crippen LogP contribution >= 0.6 is 0 Å². The number of amides is 1. The van der Waals surface area contributed by atoms with Crippen molar-refractivity contribution >= 4 is 5.91 Å². The van der Waals surface area contributed by atoms with E-state index in [-0.39, 0.29) is 5.91 Å². The van der Waals surface area contributed by atoms with Crippen LogP contribution in [0, 0.1) is 6.92 Å². The quantitative estimate of drug-likeness (QED) is 0.722. The van der Waals surface area contributed by atoms with Crippen molar-refractivity contribution in [2.24, 2.45) is 0 Å². The molecule has 3 aromatic rings. The number of carbonyl (C=O) groups is 1. The topological polar surface area (TPSA) is 110 Å². The van der Waals surface area contributed by atoms with Crippen LogP contribution in [0.2, 0.25) is 0 Å². The molecule has 1 atom stereocenters. The van der Waals surface area contributed by atoms with Crippen molar-refractivity contribution in [2.75, 3.05) is 13.1 Å². The summed E-state index contributed by atoms with van der Waals surface area (Å²) in [4.78, 5) is 18.8. The fourth-order valence-electron chi connectivity index (χ4n) is 2.97. The van der Waals surface area contributed by atoms with Crippen LogP contribution in [0.25, 0.3) is 11.5 Å². The molecule has 1 unspecified atom stereocenters. The Morgan fingerprint density at radius 2 is 2.27 bits per heavy atom. The molecule has 0 bridgehead atoms. The Morgan fingerprint density at radius 3 is 3.04 bits per heavy atom. The van der Waals surface area contributed by atoms with Gasteiger partial charge in [0.2, 0.25) is 17.6 Å². The maximum atomic E-state index is 12.4. The molecule has 0 spiro atoms. The number of nitrogens with one attached hydrogen (secondary N) is 1. The van der Waals surface area contributed by atoms with Gasteiger partial charge in [-0.15, -0.1) is 5.10 Å². The van der Waals surface area contributed by atoms with Crippen LogP contribution in [-0.2, 0) is 17.8 Å². The summed E-state index contributed by atoms with van der Waals surface area (Å²) in [6.45, 7) is 3.78. The molecule has 1 aliphatic heterocycles. The fourth-order valence-corrected chi connectivity index (χ4v) is 2.97. The minimum atomic E-state index is -0.399. The number of aromatic nitrogens is 4. The Hall–Kier alpha value is -3.07. The van der Waals surface area contributed by atoms with Crippen LogP contribution in [0.4, 0.5) is 0 Å². The maximum Gasteiger partial charge on any atom is 0.237 e. The Morgan fingerprint density at radius 1 is 1.35 bits per heavy atom. The van der Waals surface area contributed by atoms with E-state index in [1.54, 1.807) is 18.3 Å². The lowest BCUT2D eigenvalue weighted by Gasteiger charge is -2.33. The third-order valence-electron chi connectivity index (χ3n) is 4.23. The van der Waals surface area contributed by atoms with Crippen molar-refractivity contribution in [1.82, 2.24) is 30.6 Å². The number of hydrogen-bond acceptors (Lipinski definition) is 8. The molecular formula is C17H18N6O3. The summed E-state index contributed by atoms with van der Waals surface area (Å²) in [6.07, 6.45) is 1.89. The number of nitrogens with zero attached hydrogens (tertiary/aromatic N) is 5. The lowest BCUT2D eigenvalue weighted by Crippen LogP contribution is -2.55. The van der Waals surface area contributed by atoms with Gasteiger partial charge >= 0.3 is 0 Å². The van der Waals surface area contributed by atoms with Gasteiger partial charge in [0.15, 0.2) is 0 Å². The van der Waals surface area contributed by atoms with Crippen LogP contribution < -0.4 is 5.32 Å². The second-order valence-corrected chi connectivity index (χ2v) is 6.11. The van der Waals surface area contributed by atoms with E-state index in [2.05, 4.69) is 30.6 Å². The van der Waals surface area contributed by atoms with E-state index < -0.39 is 6.04 Å². The molecule has 1 aliphatic rings. The molecule has 26 heavy (non-hydrogen) atoms. The average Bonchev–Trinajstić information content (AvgIpc) is 3.28. The Kier molecular flexibility index (Phi) is 4.44. The van der Waals surface area contributed by atoms with Crippen molar-refractivity contribution in [1.29, 1.82) is 0 Å². The summed E-state index contributed by atoms with van der Waals surface area (Å²) in [5.41, 5.74) is 0.526. The predicted molar refractivity (Wildman–Crippen MR) is 89.7 cm³/mol. The summed E-state index contributed by atoms with van der Waals surface area (Å²) in [6, 6.07) is 6.95. The van der Waals surface area contributed by atoms with Crippen LogP contribution in [-0.4, -0.2) is 50.3 Å². The summed E-state index contributed by atoms with van der Waals surface area (Å²) >= 11 is 0. The second kappa shape index (κ2) is 7.04. The molecule has 4 heterocycles. The zero-order valence-corrected chi connectivity index (χ0v) is 14.3. The zero-order valence-electron chi connectivity index (χ0n) is 14.3. The molecule has 9 heteroatoms. The van der Waals surface area contributed by atoms with Crippen molar-refractivity contribution < 1.29 is 13.7 Å². The molecule has 134 valence electrons. The molecule has 0 aromatic carbocycles. The maximum absolute atomic E-state index is 12.4. The normalized spacial score (nSPS) is 18.0. The van der Waals surface area contributed by atoms with E-state index in [1.165, 1.54) is 0 Å². The third kappa shape index (κ3) is 3.47. The van der Waals surface area contributed by atoms with E-state index >= 15 is 0 Å². The molecule has 4 rings (SSSR count). The summed E-state index contributed by atoms with van der Waals surface area (Å²) < 4.78 is 11.0. The van der Waals surface area contributed by atoms with Crippen molar-refractivity contribution in [2.45, 2.75) is 25.9 Å². The first-order chi connectivity index (χ1) is 12.7. The molecule has 1 amide bonds. The third-order valence-corrected chi connectivity index (χ3v) is 4.23. The standard InChI is InChI=1S/C17H18N6O3/c1-11-4-5-12(25-11)10-23-8-7-18-17(24)14(23)9-15-20-16(22-26-15)13-3-2-6-19-21-13/h2-6,14H,7-10H2,1H3,(H,18,24). The number of carbonyl (C=O) groups excluding carboxylic acids is 1. The first kappa shape index (κ1) is 16.4. The highest BCUT2D eigenvalue weighted by molar-refractivity contribution is 5.82. The lowest BCUT2D eigenvalue weighted by atomic mass is 10.1. The van der Waals surface area contributed by atoms with Gasteiger partial charge in [-0.2, -0.15) is 10.1 Å². The van der Waals surface area contributed by atoms with E-state index in [1.807, 2.05) is 19.1 Å². The molecule has 3 aromatic heterocycles. The molecule has 0 saturated carbocycles. The summed E-state index contributed by atoms with van der Waals surface area (Å²) in [7, 11) is 0. The molecule has 1 N–H and O–H groups in total. The van der Waals surface area contributed by atoms with Crippen LogP contribution in [0.3, 0.4) is 0 Å². The lowest BCUT2D eigenvalue weighted by molar-refractivity contribution is -0.129. The van der Waals surface area contributed by atoms with Crippen molar-refractivity contribution in [3.63, 3.8) is 0 Å². The van der Waals surface area contributed by atoms with Crippen molar-refractivity contribution in [3.05, 3.63) is 47.9 Å². The molecule has 9 nitrogen and oxygen atoms in total. The van der Waals surface area contributed by atoms with Gasteiger partial charge in [-0.05, 0) is 31.2 Å². The summed E-state index contributed by atoms with van der Waals surface area (Å²) in [5, 5.41) is 14.6. The summed E-state index contributed by atoms with van der Waals surface area (Å²) in [5.74, 6) is 2.36. The van der Waals surface area contributed by atoms with E-state index in [4.69, 9.17) is 8.94 Å². The highest BCUT2D eigenvalue weighted by Crippen LogP contribution is 2.18. The average molecular weight is 354 g/mol. The monoisotopic (exact) mass is 354 g/mol. The number of furan rings is 1. The highest BCUT2D eigenvalue weighted by atomic mass is 16.5. The number of aryl methyl sites for hydroxylation is 1. The number of hydrogen-bond donors (Lipinski definition) is 1. The smallest absolute Gasteiger partial charge is 0.237 e. The molecule has 1 saturated heterocycles. The first-order valence-corrected chi connectivity index (χ1v) is 8.37. The largest absolute Gasteiger partial charge is 0.465 e. The molecule has 1 fully saturated rings. The van der Waals surface area contributed by atoms with E-state index in [0.717, 1.165) is 18.1 Å². The van der Waals surface area contributed by atoms with Gasteiger partial charge in [0.25, 0.3) is 0 Å². The minimum absolute atomic E-state index is 0.0567. The van der Waals surface area contributed by atoms with Crippen LogP contribution in [0.1, 0.15) is 17.4 Å². The Balaban J connectivity index is 1.50. The van der Waals surface area contributed by atoms with Gasteiger partial charge in [0, 0.05) is 19.3 Å². The van der Waals surface area contributed by atoms with Gasteiger partial charge in [0.05, 0.1) is 19.0 Å². The van der Waals surface area contributed by atoms with Crippen LogP contribution in [0.5, 0.6) is 0 Å².